The van der Waals surface area contributed by atoms with E-state index in [-0.39, 0.29) is 24.0 Å². The second-order valence-corrected chi connectivity index (χ2v) is 5.15. The van der Waals surface area contributed by atoms with E-state index in [9.17, 15) is 9.90 Å². The van der Waals surface area contributed by atoms with Gasteiger partial charge in [0.05, 0.1) is 12.0 Å². The summed E-state index contributed by atoms with van der Waals surface area (Å²) < 4.78 is 0. The average molecular weight is 247 g/mol. The summed E-state index contributed by atoms with van der Waals surface area (Å²) in [6.45, 7) is 1.93. The Bertz CT molecular complexity index is 383. The highest BCUT2D eigenvalue weighted by atomic mass is 16.3. The van der Waals surface area contributed by atoms with Crippen LogP contribution < -0.4 is 5.32 Å². The topological polar surface area (TPSA) is 49.3 Å². The fourth-order valence-corrected chi connectivity index (χ4v) is 2.44. The maximum atomic E-state index is 12.1. The van der Waals surface area contributed by atoms with E-state index in [2.05, 4.69) is 5.32 Å². The van der Waals surface area contributed by atoms with Crippen molar-refractivity contribution < 1.29 is 9.90 Å². The second kappa shape index (κ2) is 6.01. The Hall–Kier alpha value is -1.35. The van der Waals surface area contributed by atoms with Gasteiger partial charge >= 0.3 is 0 Å². The molecule has 3 heteroatoms. The first-order valence-electron chi connectivity index (χ1n) is 6.70. The summed E-state index contributed by atoms with van der Waals surface area (Å²) in [4.78, 5) is 12.1. The molecule has 98 valence electrons. The van der Waals surface area contributed by atoms with Crippen LogP contribution in [0.2, 0.25) is 0 Å². The summed E-state index contributed by atoms with van der Waals surface area (Å²) in [6, 6.07) is 10.1. The SMILES string of the molecule is CC(C(=O)NC1CCC(O)CC1)c1ccccc1. The van der Waals surface area contributed by atoms with Gasteiger partial charge in [0.1, 0.15) is 0 Å². The lowest BCUT2D eigenvalue weighted by Gasteiger charge is -2.27. The Morgan fingerprint density at radius 3 is 2.44 bits per heavy atom. The van der Waals surface area contributed by atoms with E-state index < -0.39 is 0 Å². The molecule has 1 aromatic rings. The molecule has 0 heterocycles. The fourth-order valence-electron chi connectivity index (χ4n) is 2.44. The van der Waals surface area contributed by atoms with Crippen molar-refractivity contribution in [3.8, 4) is 0 Å². The van der Waals surface area contributed by atoms with Gasteiger partial charge in [-0.3, -0.25) is 4.79 Å². The first kappa shape index (κ1) is 13.1. The lowest BCUT2D eigenvalue weighted by molar-refractivity contribution is -0.123. The molecule has 18 heavy (non-hydrogen) atoms. The van der Waals surface area contributed by atoms with Crippen LogP contribution in [0.4, 0.5) is 0 Å². The number of carbonyl (C=O) groups excluding carboxylic acids is 1. The molecule has 1 amide bonds. The lowest BCUT2D eigenvalue weighted by atomic mass is 9.92. The molecule has 1 aliphatic carbocycles. The molecule has 1 aliphatic rings. The predicted octanol–water partition coefficient (Wildman–Crippen LogP) is 2.21. The van der Waals surface area contributed by atoms with Crippen LogP contribution in [0.5, 0.6) is 0 Å². The molecule has 2 rings (SSSR count). The Morgan fingerprint density at radius 1 is 1.22 bits per heavy atom. The van der Waals surface area contributed by atoms with E-state index in [4.69, 9.17) is 0 Å². The zero-order valence-corrected chi connectivity index (χ0v) is 10.8. The van der Waals surface area contributed by atoms with E-state index >= 15 is 0 Å². The summed E-state index contributed by atoms with van der Waals surface area (Å²) in [5.74, 6) is -0.0272. The van der Waals surface area contributed by atoms with Gasteiger partial charge in [0, 0.05) is 6.04 Å². The van der Waals surface area contributed by atoms with Crippen molar-refractivity contribution >= 4 is 5.91 Å². The van der Waals surface area contributed by atoms with Crippen LogP contribution in [-0.2, 0) is 4.79 Å². The number of carbonyl (C=O) groups is 1. The molecule has 1 atom stereocenters. The normalized spacial score (nSPS) is 25.4. The van der Waals surface area contributed by atoms with Crippen LogP contribution in [0, 0.1) is 0 Å². The summed E-state index contributed by atoms with van der Waals surface area (Å²) in [5, 5.41) is 12.5. The zero-order valence-electron chi connectivity index (χ0n) is 10.8. The Morgan fingerprint density at radius 2 is 1.83 bits per heavy atom. The monoisotopic (exact) mass is 247 g/mol. The molecule has 3 nitrogen and oxygen atoms in total. The molecule has 1 fully saturated rings. The minimum atomic E-state index is -0.176. The van der Waals surface area contributed by atoms with E-state index in [1.54, 1.807) is 0 Å². The lowest BCUT2D eigenvalue weighted by Crippen LogP contribution is -2.40. The van der Waals surface area contributed by atoms with Gasteiger partial charge in [-0.05, 0) is 38.2 Å². The molecule has 0 aliphatic heterocycles. The predicted molar refractivity (Wildman–Crippen MR) is 71.3 cm³/mol. The van der Waals surface area contributed by atoms with Gasteiger partial charge in [0.15, 0.2) is 0 Å². The Kier molecular flexibility index (Phi) is 4.37. The number of hydrogen-bond donors (Lipinski definition) is 2. The fraction of sp³-hybridized carbons (Fsp3) is 0.533. The highest BCUT2D eigenvalue weighted by Gasteiger charge is 2.23. The van der Waals surface area contributed by atoms with Crippen LogP contribution >= 0.6 is 0 Å². The third-order valence-electron chi connectivity index (χ3n) is 3.74. The molecule has 2 N–H and O–H groups in total. The largest absolute Gasteiger partial charge is 0.393 e. The molecule has 1 unspecified atom stereocenters. The molecule has 1 saturated carbocycles. The second-order valence-electron chi connectivity index (χ2n) is 5.15. The molecule has 0 bridgehead atoms. The molecule has 0 saturated heterocycles. The molecular formula is C15H21NO2. The van der Waals surface area contributed by atoms with E-state index in [0.717, 1.165) is 31.2 Å². The van der Waals surface area contributed by atoms with Crippen molar-refractivity contribution in [2.45, 2.75) is 50.7 Å². The van der Waals surface area contributed by atoms with Crippen LogP contribution in [0.25, 0.3) is 0 Å². The maximum absolute atomic E-state index is 12.1. The van der Waals surface area contributed by atoms with Gasteiger partial charge in [-0.2, -0.15) is 0 Å². The summed E-state index contributed by atoms with van der Waals surface area (Å²) in [5.41, 5.74) is 1.05. The minimum Gasteiger partial charge on any atom is -0.393 e. The summed E-state index contributed by atoms with van der Waals surface area (Å²) >= 11 is 0. The number of aliphatic hydroxyl groups is 1. The third-order valence-corrected chi connectivity index (χ3v) is 3.74. The van der Waals surface area contributed by atoms with Gasteiger partial charge in [0.25, 0.3) is 0 Å². The first-order chi connectivity index (χ1) is 8.66. The molecule has 0 aromatic heterocycles. The third kappa shape index (κ3) is 3.33. The number of benzene rings is 1. The number of hydrogen-bond acceptors (Lipinski definition) is 2. The molecular weight excluding hydrogens is 226 g/mol. The standard InChI is InChI=1S/C15H21NO2/c1-11(12-5-3-2-4-6-12)15(18)16-13-7-9-14(17)10-8-13/h2-6,11,13-14,17H,7-10H2,1H3,(H,16,18). The van der Waals surface area contributed by atoms with Gasteiger partial charge in [0.2, 0.25) is 5.91 Å². The van der Waals surface area contributed by atoms with Crippen molar-refractivity contribution in [1.29, 1.82) is 0 Å². The number of aliphatic hydroxyl groups excluding tert-OH is 1. The van der Waals surface area contributed by atoms with Crippen molar-refractivity contribution in [2.75, 3.05) is 0 Å². The van der Waals surface area contributed by atoms with Crippen LogP contribution in [0.15, 0.2) is 30.3 Å². The van der Waals surface area contributed by atoms with Crippen molar-refractivity contribution in [3.63, 3.8) is 0 Å². The molecule has 0 spiro atoms. The van der Waals surface area contributed by atoms with Crippen LogP contribution in [0.1, 0.15) is 44.1 Å². The Labute approximate surface area is 108 Å². The minimum absolute atomic E-state index is 0.0857. The number of rotatable bonds is 3. The van der Waals surface area contributed by atoms with E-state index in [1.165, 1.54) is 0 Å². The van der Waals surface area contributed by atoms with E-state index in [1.807, 2.05) is 37.3 Å². The Balaban J connectivity index is 1.88. The van der Waals surface area contributed by atoms with Gasteiger partial charge < -0.3 is 10.4 Å². The smallest absolute Gasteiger partial charge is 0.227 e. The maximum Gasteiger partial charge on any atom is 0.227 e. The summed E-state index contributed by atoms with van der Waals surface area (Å²) in [7, 11) is 0. The van der Waals surface area contributed by atoms with Crippen molar-refractivity contribution in [1.82, 2.24) is 5.32 Å². The van der Waals surface area contributed by atoms with Crippen LogP contribution in [-0.4, -0.2) is 23.2 Å². The number of nitrogens with one attached hydrogen (secondary N) is 1. The highest BCUT2D eigenvalue weighted by molar-refractivity contribution is 5.83. The number of amides is 1. The van der Waals surface area contributed by atoms with Gasteiger partial charge in [-0.25, -0.2) is 0 Å². The van der Waals surface area contributed by atoms with Gasteiger partial charge in [-0.1, -0.05) is 30.3 Å². The summed E-state index contributed by atoms with van der Waals surface area (Å²) in [6.07, 6.45) is 3.18. The van der Waals surface area contributed by atoms with Crippen molar-refractivity contribution in [3.05, 3.63) is 35.9 Å². The molecule has 1 aromatic carbocycles. The van der Waals surface area contributed by atoms with Crippen molar-refractivity contribution in [2.24, 2.45) is 0 Å². The van der Waals surface area contributed by atoms with Crippen LogP contribution in [0.3, 0.4) is 0 Å². The average Bonchev–Trinajstić information content (AvgIpc) is 2.41. The quantitative estimate of drug-likeness (QED) is 0.860. The molecule has 0 radical (unpaired) electrons. The van der Waals surface area contributed by atoms with E-state index in [0.29, 0.717) is 0 Å². The highest BCUT2D eigenvalue weighted by Crippen LogP contribution is 2.20. The van der Waals surface area contributed by atoms with Gasteiger partial charge in [-0.15, -0.1) is 0 Å². The zero-order chi connectivity index (χ0) is 13.0. The first-order valence-corrected chi connectivity index (χ1v) is 6.70.